The normalized spacial score (nSPS) is 11.5. The van der Waals surface area contributed by atoms with Gasteiger partial charge in [-0.05, 0) is 19.1 Å². The SMILES string of the molecule is COc1cccc(S(=O)(=O)NC(=O)c2sc(C(C)C)nc2C)c1. The van der Waals surface area contributed by atoms with Gasteiger partial charge < -0.3 is 4.74 Å². The molecule has 1 heterocycles. The lowest BCUT2D eigenvalue weighted by Crippen LogP contribution is -2.30. The fourth-order valence-electron chi connectivity index (χ4n) is 1.87. The molecule has 0 aliphatic heterocycles. The molecule has 1 amide bonds. The van der Waals surface area contributed by atoms with Crippen LogP contribution in [0.15, 0.2) is 29.2 Å². The van der Waals surface area contributed by atoms with Gasteiger partial charge in [-0.25, -0.2) is 18.1 Å². The second-order valence-corrected chi connectivity index (χ2v) is 7.95. The van der Waals surface area contributed by atoms with Crippen molar-refractivity contribution in [3.05, 3.63) is 39.8 Å². The molecule has 0 saturated heterocycles. The molecule has 2 rings (SSSR count). The number of ether oxygens (including phenoxy) is 1. The molecular formula is C15H18N2O4S2. The Hall–Kier alpha value is -1.93. The Bertz CT molecular complexity index is 826. The minimum Gasteiger partial charge on any atom is -0.497 e. The zero-order valence-electron chi connectivity index (χ0n) is 13.3. The van der Waals surface area contributed by atoms with Crippen LogP contribution in [0.3, 0.4) is 0 Å². The van der Waals surface area contributed by atoms with Crippen LogP contribution in [0.5, 0.6) is 5.75 Å². The van der Waals surface area contributed by atoms with Crippen molar-refractivity contribution in [1.29, 1.82) is 0 Å². The van der Waals surface area contributed by atoms with Gasteiger partial charge in [0.2, 0.25) is 0 Å². The number of aryl methyl sites for hydroxylation is 1. The number of hydrogen-bond donors (Lipinski definition) is 1. The lowest BCUT2D eigenvalue weighted by molar-refractivity contribution is 0.0984. The first-order valence-corrected chi connectivity index (χ1v) is 9.23. The number of benzene rings is 1. The van der Waals surface area contributed by atoms with E-state index in [0.717, 1.165) is 5.01 Å². The molecule has 6 nitrogen and oxygen atoms in total. The maximum Gasteiger partial charge on any atom is 0.276 e. The van der Waals surface area contributed by atoms with Crippen LogP contribution in [-0.2, 0) is 10.0 Å². The molecular weight excluding hydrogens is 336 g/mol. The van der Waals surface area contributed by atoms with Crippen molar-refractivity contribution in [2.24, 2.45) is 0 Å². The molecule has 0 atom stereocenters. The van der Waals surface area contributed by atoms with Gasteiger partial charge in [-0.2, -0.15) is 0 Å². The summed E-state index contributed by atoms with van der Waals surface area (Å²) in [6.45, 7) is 5.62. The summed E-state index contributed by atoms with van der Waals surface area (Å²) >= 11 is 1.21. The minimum absolute atomic E-state index is 0.0311. The van der Waals surface area contributed by atoms with Gasteiger partial charge in [0.15, 0.2) is 0 Å². The average molecular weight is 354 g/mol. The Morgan fingerprint density at radius 1 is 1.35 bits per heavy atom. The fraction of sp³-hybridized carbons (Fsp3) is 0.333. The molecule has 8 heteroatoms. The van der Waals surface area contributed by atoms with Gasteiger partial charge in [-0.15, -0.1) is 11.3 Å². The van der Waals surface area contributed by atoms with Gasteiger partial charge in [0.1, 0.15) is 10.6 Å². The second kappa shape index (κ2) is 6.67. The van der Waals surface area contributed by atoms with E-state index < -0.39 is 15.9 Å². The highest BCUT2D eigenvalue weighted by Crippen LogP contribution is 2.25. The first kappa shape index (κ1) is 17.4. The summed E-state index contributed by atoms with van der Waals surface area (Å²) in [7, 11) is -2.53. The smallest absolute Gasteiger partial charge is 0.276 e. The van der Waals surface area contributed by atoms with E-state index in [2.05, 4.69) is 9.71 Å². The van der Waals surface area contributed by atoms with Crippen molar-refractivity contribution in [2.45, 2.75) is 31.6 Å². The topological polar surface area (TPSA) is 85.4 Å². The summed E-state index contributed by atoms with van der Waals surface area (Å²) < 4.78 is 31.8. The monoisotopic (exact) mass is 354 g/mol. The van der Waals surface area contributed by atoms with Crippen LogP contribution in [0.4, 0.5) is 0 Å². The predicted octanol–water partition coefficient (Wildman–Crippen LogP) is 2.70. The lowest BCUT2D eigenvalue weighted by atomic mass is 10.2. The highest BCUT2D eigenvalue weighted by atomic mass is 32.2. The molecule has 0 saturated carbocycles. The molecule has 0 aliphatic carbocycles. The standard InChI is InChI=1S/C15H18N2O4S2/c1-9(2)15-16-10(3)13(22-15)14(18)17-23(19,20)12-7-5-6-11(8-12)21-4/h5-9H,1-4H3,(H,17,18). The first-order valence-electron chi connectivity index (χ1n) is 6.93. The number of nitrogens with zero attached hydrogens (tertiary/aromatic N) is 1. The van der Waals surface area contributed by atoms with E-state index in [4.69, 9.17) is 4.74 Å². The van der Waals surface area contributed by atoms with Crippen molar-refractivity contribution < 1.29 is 17.9 Å². The number of thiazole rings is 1. The van der Waals surface area contributed by atoms with Gasteiger partial charge in [-0.3, -0.25) is 4.79 Å². The van der Waals surface area contributed by atoms with Crippen LogP contribution in [0.2, 0.25) is 0 Å². The molecule has 0 spiro atoms. The van der Waals surface area contributed by atoms with E-state index in [1.807, 2.05) is 13.8 Å². The quantitative estimate of drug-likeness (QED) is 0.892. The molecule has 124 valence electrons. The molecule has 0 unspecified atom stereocenters. The van der Waals surface area contributed by atoms with E-state index in [1.54, 1.807) is 19.1 Å². The Balaban J connectivity index is 2.28. The fourth-order valence-corrected chi connectivity index (χ4v) is 3.89. The van der Waals surface area contributed by atoms with Crippen molar-refractivity contribution in [3.8, 4) is 5.75 Å². The van der Waals surface area contributed by atoms with Gasteiger partial charge in [0, 0.05) is 12.0 Å². The molecule has 0 fully saturated rings. The minimum atomic E-state index is -3.97. The number of sulfonamides is 1. The number of nitrogens with one attached hydrogen (secondary N) is 1. The number of carbonyl (C=O) groups excluding carboxylic acids is 1. The molecule has 0 bridgehead atoms. The molecule has 0 radical (unpaired) electrons. The van der Waals surface area contributed by atoms with Crippen LogP contribution < -0.4 is 9.46 Å². The Morgan fingerprint density at radius 3 is 2.61 bits per heavy atom. The van der Waals surface area contributed by atoms with Crippen molar-refractivity contribution in [3.63, 3.8) is 0 Å². The summed E-state index contributed by atoms with van der Waals surface area (Å²) in [5.41, 5.74) is 0.525. The maximum absolute atomic E-state index is 12.3. The van der Waals surface area contributed by atoms with Gasteiger partial charge in [0.25, 0.3) is 15.9 Å². The van der Waals surface area contributed by atoms with Crippen LogP contribution in [0.1, 0.15) is 40.1 Å². The zero-order valence-corrected chi connectivity index (χ0v) is 14.9. The summed E-state index contributed by atoms with van der Waals surface area (Å²) in [5.74, 6) is -0.0960. The van der Waals surface area contributed by atoms with Crippen molar-refractivity contribution >= 4 is 27.3 Å². The molecule has 23 heavy (non-hydrogen) atoms. The zero-order chi connectivity index (χ0) is 17.2. The Kier molecular flexibility index (Phi) is 5.06. The number of aromatic nitrogens is 1. The number of rotatable bonds is 5. The van der Waals surface area contributed by atoms with Crippen LogP contribution in [0.25, 0.3) is 0 Å². The van der Waals surface area contributed by atoms with Crippen LogP contribution in [0, 0.1) is 6.92 Å². The van der Waals surface area contributed by atoms with Crippen LogP contribution >= 0.6 is 11.3 Å². The van der Waals surface area contributed by atoms with E-state index in [9.17, 15) is 13.2 Å². The van der Waals surface area contributed by atoms with E-state index in [1.165, 1.54) is 30.6 Å². The van der Waals surface area contributed by atoms with E-state index in [0.29, 0.717) is 16.3 Å². The molecule has 0 aliphatic rings. The van der Waals surface area contributed by atoms with Gasteiger partial charge >= 0.3 is 0 Å². The summed E-state index contributed by atoms with van der Waals surface area (Å²) in [6, 6.07) is 5.93. The number of amides is 1. The maximum atomic E-state index is 12.3. The van der Waals surface area contributed by atoms with Gasteiger partial charge in [-0.1, -0.05) is 19.9 Å². The van der Waals surface area contributed by atoms with Crippen molar-refractivity contribution in [2.75, 3.05) is 7.11 Å². The van der Waals surface area contributed by atoms with Crippen LogP contribution in [-0.4, -0.2) is 26.4 Å². The molecule has 1 N–H and O–H groups in total. The lowest BCUT2D eigenvalue weighted by Gasteiger charge is -2.07. The van der Waals surface area contributed by atoms with E-state index in [-0.39, 0.29) is 10.8 Å². The second-order valence-electron chi connectivity index (χ2n) is 5.23. The number of methoxy groups -OCH3 is 1. The largest absolute Gasteiger partial charge is 0.497 e. The van der Waals surface area contributed by atoms with E-state index >= 15 is 0 Å². The highest BCUT2D eigenvalue weighted by molar-refractivity contribution is 7.90. The molecule has 2 aromatic rings. The Morgan fingerprint density at radius 2 is 2.04 bits per heavy atom. The Labute approximate surface area is 139 Å². The van der Waals surface area contributed by atoms with Gasteiger partial charge in [0.05, 0.1) is 22.7 Å². The number of carbonyl (C=O) groups is 1. The predicted molar refractivity (Wildman–Crippen MR) is 88.6 cm³/mol. The third kappa shape index (κ3) is 3.89. The molecule has 1 aromatic carbocycles. The first-order chi connectivity index (χ1) is 10.7. The summed E-state index contributed by atoms with van der Waals surface area (Å²) in [4.78, 5) is 16.9. The third-order valence-corrected chi connectivity index (χ3v) is 5.88. The summed E-state index contributed by atoms with van der Waals surface area (Å²) in [6.07, 6.45) is 0. The summed E-state index contributed by atoms with van der Waals surface area (Å²) in [5, 5.41) is 0.798. The van der Waals surface area contributed by atoms with Crippen molar-refractivity contribution in [1.82, 2.24) is 9.71 Å². The highest BCUT2D eigenvalue weighted by Gasteiger charge is 2.23. The molecule has 1 aromatic heterocycles. The average Bonchev–Trinajstić information content (AvgIpc) is 2.89. The third-order valence-electron chi connectivity index (χ3n) is 3.09. The number of hydrogen-bond acceptors (Lipinski definition) is 6.